The standard InChI is InChI=1S/C74H47N3/c1-2-19-48(20-3-1)73-60-28-4-6-30-62(60)74(63-31-7-5-29-61(63)73)49-37-41-53(42-38-49)75-71-43-39-51(50-21-18-22-54(45-50)76-67-33-14-9-24-56(67)57-25-10-15-34-68(57)76)46-64(71)65-47-52(40-44-72(65)75)55-23-8-13-32-66(55)77-69-35-16-11-26-58(69)59-27-12-17-36-70(59)77/h1-47H. The molecule has 0 unspecified atom stereocenters. The lowest BCUT2D eigenvalue weighted by Gasteiger charge is -2.18. The second-order valence-corrected chi connectivity index (χ2v) is 20.4. The Bertz CT molecular complexity index is 4870. The van der Waals surface area contributed by atoms with Crippen molar-refractivity contribution in [3.05, 3.63) is 285 Å². The molecule has 0 N–H and O–H groups in total. The van der Waals surface area contributed by atoms with E-state index in [4.69, 9.17) is 0 Å². The van der Waals surface area contributed by atoms with Crippen LogP contribution in [0.3, 0.4) is 0 Å². The first-order valence-corrected chi connectivity index (χ1v) is 26.6. The summed E-state index contributed by atoms with van der Waals surface area (Å²) in [4.78, 5) is 0. The van der Waals surface area contributed by atoms with Crippen LogP contribution >= 0.6 is 0 Å². The van der Waals surface area contributed by atoms with Crippen molar-refractivity contribution >= 4 is 87.0 Å². The number of rotatable bonds is 7. The second-order valence-electron chi connectivity index (χ2n) is 20.4. The van der Waals surface area contributed by atoms with Gasteiger partial charge in [-0.25, -0.2) is 0 Å². The van der Waals surface area contributed by atoms with Crippen molar-refractivity contribution in [1.82, 2.24) is 13.7 Å². The second kappa shape index (κ2) is 17.2. The summed E-state index contributed by atoms with van der Waals surface area (Å²) in [5.74, 6) is 0. The maximum Gasteiger partial charge on any atom is 0.0541 e. The van der Waals surface area contributed by atoms with Gasteiger partial charge in [-0.1, -0.05) is 206 Å². The Morgan fingerprint density at radius 3 is 1.09 bits per heavy atom. The minimum Gasteiger partial charge on any atom is -0.309 e. The molecule has 0 atom stereocenters. The Kier molecular flexibility index (Phi) is 9.64. The van der Waals surface area contributed by atoms with E-state index in [9.17, 15) is 0 Å². The van der Waals surface area contributed by atoms with Crippen molar-refractivity contribution in [2.75, 3.05) is 0 Å². The van der Waals surface area contributed by atoms with Crippen molar-refractivity contribution in [1.29, 1.82) is 0 Å². The summed E-state index contributed by atoms with van der Waals surface area (Å²) in [5, 5.41) is 12.4. The highest BCUT2D eigenvalue weighted by Crippen LogP contribution is 2.45. The van der Waals surface area contributed by atoms with Gasteiger partial charge in [0.15, 0.2) is 0 Å². The summed E-state index contributed by atoms with van der Waals surface area (Å²) in [6.45, 7) is 0. The largest absolute Gasteiger partial charge is 0.309 e. The highest BCUT2D eigenvalue weighted by atomic mass is 15.0. The van der Waals surface area contributed by atoms with E-state index in [0.717, 1.165) is 28.1 Å². The molecule has 3 heterocycles. The number of para-hydroxylation sites is 5. The Labute approximate surface area is 445 Å². The van der Waals surface area contributed by atoms with Crippen LogP contribution in [-0.4, -0.2) is 13.7 Å². The van der Waals surface area contributed by atoms with Gasteiger partial charge in [0.2, 0.25) is 0 Å². The van der Waals surface area contributed by atoms with Gasteiger partial charge in [0.05, 0.1) is 38.8 Å². The van der Waals surface area contributed by atoms with Crippen molar-refractivity contribution in [3.8, 4) is 61.6 Å². The molecule has 0 radical (unpaired) electrons. The molecule has 3 heteroatoms. The zero-order valence-electron chi connectivity index (χ0n) is 42.0. The minimum atomic E-state index is 1.11. The fourth-order valence-corrected chi connectivity index (χ4v) is 12.9. The van der Waals surface area contributed by atoms with Gasteiger partial charge >= 0.3 is 0 Å². The van der Waals surface area contributed by atoms with Crippen molar-refractivity contribution < 1.29 is 0 Å². The smallest absolute Gasteiger partial charge is 0.0541 e. The van der Waals surface area contributed by atoms with Crippen molar-refractivity contribution in [2.45, 2.75) is 0 Å². The van der Waals surface area contributed by atoms with Crippen LogP contribution in [0.2, 0.25) is 0 Å². The molecule has 0 fully saturated rings. The van der Waals surface area contributed by atoms with Crippen LogP contribution in [0.25, 0.3) is 149 Å². The maximum atomic E-state index is 2.46. The predicted octanol–water partition coefficient (Wildman–Crippen LogP) is 20.0. The molecule has 77 heavy (non-hydrogen) atoms. The number of hydrogen-bond acceptors (Lipinski definition) is 0. The molecule has 0 saturated heterocycles. The normalized spacial score (nSPS) is 11.9. The fraction of sp³-hybridized carbons (Fsp3) is 0. The molecule has 0 bridgehead atoms. The number of hydrogen-bond donors (Lipinski definition) is 0. The topological polar surface area (TPSA) is 14.8 Å². The molecule has 358 valence electrons. The van der Waals surface area contributed by atoms with Crippen LogP contribution in [0.15, 0.2) is 285 Å². The number of nitrogens with zero attached hydrogens (tertiary/aromatic N) is 3. The van der Waals surface area contributed by atoms with Gasteiger partial charge in [-0.2, -0.15) is 0 Å². The average molecular weight is 978 g/mol. The molecule has 0 aliphatic heterocycles. The molecule has 0 spiro atoms. The van der Waals surface area contributed by atoms with E-state index in [2.05, 4.69) is 299 Å². The molecule has 3 nitrogen and oxygen atoms in total. The Balaban J connectivity index is 0.891. The Hall–Kier alpha value is -10.2. The summed E-state index contributed by atoms with van der Waals surface area (Å²) < 4.78 is 7.31. The van der Waals surface area contributed by atoms with E-state index < -0.39 is 0 Å². The Morgan fingerprint density at radius 2 is 0.545 bits per heavy atom. The fourth-order valence-electron chi connectivity index (χ4n) is 12.9. The van der Waals surface area contributed by atoms with Gasteiger partial charge in [0.25, 0.3) is 0 Å². The summed E-state index contributed by atoms with van der Waals surface area (Å²) >= 11 is 0. The first kappa shape index (κ1) is 43.2. The zero-order valence-corrected chi connectivity index (χ0v) is 42.0. The van der Waals surface area contributed by atoms with Gasteiger partial charge in [-0.3, -0.25) is 0 Å². The third-order valence-electron chi connectivity index (χ3n) is 16.2. The maximum absolute atomic E-state index is 2.46. The zero-order chi connectivity index (χ0) is 50.6. The van der Waals surface area contributed by atoms with Crippen LogP contribution in [0.1, 0.15) is 0 Å². The van der Waals surface area contributed by atoms with Crippen molar-refractivity contribution in [3.63, 3.8) is 0 Å². The van der Waals surface area contributed by atoms with Crippen LogP contribution in [0.5, 0.6) is 0 Å². The van der Waals surface area contributed by atoms with Gasteiger partial charge in [0.1, 0.15) is 0 Å². The number of fused-ring (bicyclic) bond motifs is 11. The number of benzene rings is 13. The van der Waals surface area contributed by atoms with Gasteiger partial charge < -0.3 is 13.7 Å². The van der Waals surface area contributed by atoms with E-state index in [1.807, 2.05) is 0 Å². The number of aromatic nitrogens is 3. The summed E-state index contributed by atoms with van der Waals surface area (Å²) in [5.41, 5.74) is 20.2. The molecule has 3 aromatic heterocycles. The first-order chi connectivity index (χ1) is 38.2. The third-order valence-corrected chi connectivity index (χ3v) is 16.2. The van der Waals surface area contributed by atoms with Gasteiger partial charge in [-0.05, 0) is 139 Å². The molecule has 0 aliphatic rings. The molecule has 13 aromatic carbocycles. The monoisotopic (exact) mass is 977 g/mol. The third kappa shape index (κ3) is 6.64. The molecule has 16 aromatic rings. The Morgan fingerprint density at radius 1 is 0.182 bits per heavy atom. The SMILES string of the molecule is c1ccc(-c2c3ccccc3c(-c3ccc(-n4c5ccc(-c6cccc(-n7c8ccccc8c8ccccc87)c6)cc5c5cc(-c6ccccc6-n6c7ccccc7c7ccccc76)ccc54)cc3)c3ccccc23)cc1. The molecule has 0 aliphatic carbocycles. The van der Waals surface area contributed by atoms with E-state index in [1.54, 1.807) is 0 Å². The molecule has 16 rings (SSSR count). The quantitative estimate of drug-likeness (QED) is 0.141. The van der Waals surface area contributed by atoms with Crippen LogP contribution in [-0.2, 0) is 0 Å². The van der Waals surface area contributed by atoms with E-state index >= 15 is 0 Å². The van der Waals surface area contributed by atoms with Crippen molar-refractivity contribution in [2.24, 2.45) is 0 Å². The van der Waals surface area contributed by atoms with Crippen LogP contribution in [0, 0.1) is 0 Å². The average Bonchev–Trinajstić information content (AvgIpc) is 4.22. The summed E-state index contributed by atoms with van der Waals surface area (Å²) in [6, 6.07) is 105. The molecular weight excluding hydrogens is 931 g/mol. The lowest BCUT2D eigenvalue weighted by molar-refractivity contribution is 1.18. The molecule has 0 amide bonds. The van der Waals surface area contributed by atoms with E-state index in [-0.39, 0.29) is 0 Å². The van der Waals surface area contributed by atoms with Gasteiger partial charge in [0, 0.05) is 49.3 Å². The van der Waals surface area contributed by atoms with E-state index in [1.165, 1.54) is 120 Å². The summed E-state index contributed by atoms with van der Waals surface area (Å²) in [6.07, 6.45) is 0. The van der Waals surface area contributed by atoms with Crippen LogP contribution in [0.4, 0.5) is 0 Å². The predicted molar refractivity (Wildman–Crippen MR) is 326 cm³/mol. The van der Waals surface area contributed by atoms with Gasteiger partial charge in [-0.15, -0.1) is 0 Å². The summed E-state index contributed by atoms with van der Waals surface area (Å²) in [7, 11) is 0. The first-order valence-electron chi connectivity index (χ1n) is 26.6. The lowest BCUT2D eigenvalue weighted by Crippen LogP contribution is -1.97. The lowest BCUT2D eigenvalue weighted by atomic mass is 9.86. The minimum absolute atomic E-state index is 1.11. The van der Waals surface area contributed by atoms with E-state index in [0.29, 0.717) is 0 Å². The highest BCUT2D eigenvalue weighted by molar-refractivity contribution is 6.22. The van der Waals surface area contributed by atoms with Crippen LogP contribution < -0.4 is 0 Å². The highest BCUT2D eigenvalue weighted by Gasteiger charge is 2.21. The molecule has 0 saturated carbocycles. The molecular formula is C74H47N3.